The molecule has 2 N–H and O–H groups in total. The molecule has 1 aromatic rings. The van der Waals surface area contributed by atoms with E-state index in [1.54, 1.807) is 0 Å². The van der Waals surface area contributed by atoms with Crippen LogP contribution in [0.4, 0.5) is 0 Å². The van der Waals surface area contributed by atoms with Crippen LogP contribution in [-0.2, 0) is 11.3 Å². The van der Waals surface area contributed by atoms with E-state index in [0.717, 1.165) is 43.5 Å². The van der Waals surface area contributed by atoms with Crippen LogP contribution in [0, 0.1) is 30.1 Å². The van der Waals surface area contributed by atoms with Crippen molar-refractivity contribution in [2.24, 2.45) is 11.8 Å². The normalized spacial score (nSPS) is 21.6. The fourth-order valence-electron chi connectivity index (χ4n) is 2.96. The third-order valence-electron chi connectivity index (χ3n) is 4.17. The molecule has 4 heteroatoms. The Morgan fingerprint density at radius 1 is 1.50 bits per heavy atom. The number of rotatable bonds is 5. The lowest BCUT2D eigenvalue weighted by atomic mass is 9.96. The highest BCUT2D eigenvalue weighted by Gasteiger charge is 2.32. The predicted molar refractivity (Wildman–Crippen MR) is 76.1 cm³/mol. The third-order valence-corrected chi connectivity index (χ3v) is 4.17. The number of benzene rings is 1. The molecule has 0 heterocycles. The first-order chi connectivity index (χ1) is 9.61. The second kappa shape index (κ2) is 6.53. The van der Waals surface area contributed by atoms with Gasteiger partial charge < -0.3 is 10.4 Å². The summed E-state index contributed by atoms with van der Waals surface area (Å²) in [6.07, 6.45) is 2.81. The number of carboxylic acids is 1. The molecule has 1 aliphatic rings. The van der Waals surface area contributed by atoms with E-state index in [9.17, 15) is 4.79 Å². The molecule has 1 saturated carbocycles. The third kappa shape index (κ3) is 3.37. The van der Waals surface area contributed by atoms with Crippen LogP contribution in [0.3, 0.4) is 0 Å². The molecule has 2 rings (SSSR count). The van der Waals surface area contributed by atoms with Gasteiger partial charge >= 0.3 is 5.97 Å². The lowest BCUT2D eigenvalue weighted by Gasteiger charge is -2.17. The van der Waals surface area contributed by atoms with Crippen LogP contribution in [0.1, 0.15) is 36.0 Å². The largest absolute Gasteiger partial charge is 0.481 e. The monoisotopic (exact) mass is 272 g/mol. The maximum Gasteiger partial charge on any atom is 0.306 e. The molecule has 1 fully saturated rings. The van der Waals surface area contributed by atoms with Crippen molar-refractivity contribution in [3.8, 4) is 6.07 Å². The SMILES string of the molecule is Cc1cc(C#N)ccc1CNCC1CCCC1C(=O)O. The van der Waals surface area contributed by atoms with Crippen LogP contribution in [0.25, 0.3) is 0 Å². The Morgan fingerprint density at radius 3 is 2.95 bits per heavy atom. The lowest BCUT2D eigenvalue weighted by molar-refractivity contribution is -0.142. The minimum Gasteiger partial charge on any atom is -0.481 e. The van der Waals surface area contributed by atoms with Gasteiger partial charge in [-0.1, -0.05) is 12.5 Å². The highest BCUT2D eigenvalue weighted by Crippen LogP contribution is 2.31. The Bertz CT molecular complexity index is 534. The Labute approximate surface area is 119 Å². The smallest absolute Gasteiger partial charge is 0.306 e. The second-order valence-corrected chi connectivity index (χ2v) is 5.52. The molecule has 0 spiro atoms. The van der Waals surface area contributed by atoms with Gasteiger partial charge in [-0.2, -0.15) is 5.26 Å². The predicted octanol–water partition coefficient (Wildman–Crippen LogP) is 2.46. The van der Waals surface area contributed by atoms with Crippen molar-refractivity contribution in [1.29, 1.82) is 5.26 Å². The molecule has 0 bridgehead atoms. The van der Waals surface area contributed by atoms with E-state index in [4.69, 9.17) is 10.4 Å². The second-order valence-electron chi connectivity index (χ2n) is 5.52. The molecule has 0 aliphatic heterocycles. The number of nitrogens with one attached hydrogen (secondary N) is 1. The van der Waals surface area contributed by atoms with Crippen LogP contribution >= 0.6 is 0 Å². The molecule has 0 amide bonds. The number of carbonyl (C=O) groups is 1. The summed E-state index contributed by atoms with van der Waals surface area (Å²) in [5, 5.41) is 21.3. The zero-order valence-electron chi connectivity index (χ0n) is 11.7. The van der Waals surface area contributed by atoms with Gasteiger partial charge in [0.25, 0.3) is 0 Å². The highest BCUT2D eigenvalue weighted by molar-refractivity contribution is 5.70. The summed E-state index contributed by atoms with van der Waals surface area (Å²) in [5.41, 5.74) is 2.93. The minimum absolute atomic E-state index is 0.190. The Hall–Kier alpha value is -1.86. The van der Waals surface area contributed by atoms with Gasteiger partial charge in [-0.15, -0.1) is 0 Å². The van der Waals surface area contributed by atoms with Crippen molar-refractivity contribution in [3.63, 3.8) is 0 Å². The van der Waals surface area contributed by atoms with Crippen molar-refractivity contribution >= 4 is 5.97 Å². The molecule has 2 atom stereocenters. The van der Waals surface area contributed by atoms with Gasteiger partial charge in [-0.3, -0.25) is 4.79 Å². The van der Waals surface area contributed by atoms with Crippen molar-refractivity contribution < 1.29 is 9.90 Å². The maximum atomic E-state index is 11.1. The molecule has 0 saturated heterocycles. The van der Waals surface area contributed by atoms with E-state index in [0.29, 0.717) is 5.56 Å². The summed E-state index contributed by atoms with van der Waals surface area (Å²) in [4.78, 5) is 11.1. The number of hydrogen-bond acceptors (Lipinski definition) is 3. The van der Waals surface area contributed by atoms with Crippen molar-refractivity contribution in [3.05, 3.63) is 34.9 Å². The van der Waals surface area contributed by atoms with Crippen LogP contribution in [-0.4, -0.2) is 17.6 Å². The molecule has 0 radical (unpaired) electrons. The van der Waals surface area contributed by atoms with Crippen LogP contribution < -0.4 is 5.32 Å². The van der Waals surface area contributed by atoms with Crippen LogP contribution in [0.15, 0.2) is 18.2 Å². The van der Waals surface area contributed by atoms with Crippen molar-refractivity contribution in [2.75, 3.05) is 6.54 Å². The number of nitriles is 1. The lowest BCUT2D eigenvalue weighted by Crippen LogP contribution is -2.28. The summed E-state index contributed by atoms with van der Waals surface area (Å²) < 4.78 is 0. The van der Waals surface area contributed by atoms with E-state index in [1.807, 2.05) is 25.1 Å². The first-order valence-electron chi connectivity index (χ1n) is 7.05. The van der Waals surface area contributed by atoms with E-state index >= 15 is 0 Å². The number of nitrogens with zero attached hydrogens (tertiary/aromatic N) is 1. The van der Waals surface area contributed by atoms with E-state index in [-0.39, 0.29) is 11.8 Å². The quantitative estimate of drug-likeness (QED) is 0.863. The number of aryl methyl sites for hydroxylation is 1. The molecular weight excluding hydrogens is 252 g/mol. The molecule has 1 aromatic carbocycles. The molecule has 0 aromatic heterocycles. The van der Waals surface area contributed by atoms with Gasteiger partial charge in [0.15, 0.2) is 0 Å². The van der Waals surface area contributed by atoms with Crippen LogP contribution in [0.2, 0.25) is 0 Å². The molecular formula is C16H20N2O2. The van der Waals surface area contributed by atoms with Crippen molar-refractivity contribution in [2.45, 2.75) is 32.7 Å². The van der Waals surface area contributed by atoms with Crippen LogP contribution in [0.5, 0.6) is 0 Å². The fourth-order valence-corrected chi connectivity index (χ4v) is 2.96. The number of hydrogen-bond donors (Lipinski definition) is 2. The Morgan fingerprint density at radius 2 is 2.30 bits per heavy atom. The fraction of sp³-hybridized carbons (Fsp3) is 0.500. The summed E-state index contributed by atoms with van der Waals surface area (Å²) in [7, 11) is 0. The average molecular weight is 272 g/mol. The Kier molecular flexibility index (Phi) is 4.75. The molecule has 106 valence electrons. The topological polar surface area (TPSA) is 73.1 Å². The number of aliphatic carboxylic acids is 1. The highest BCUT2D eigenvalue weighted by atomic mass is 16.4. The van der Waals surface area contributed by atoms with Gasteiger partial charge in [0.1, 0.15) is 0 Å². The van der Waals surface area contributed by atoms with Gasteiger partial charge in [-0.05, 0) is 55.5 Å². The molecule has 4 nitrogen and oxygen atoms in total. The molecule has 2 unspecified atom stereocenters. The van der Waals surface area contributed by atoms with E-state index in [1.165, 1.54) is 0 Å². The summed E-state index contributed by atoms with van der Waals surface area (Å²) >= 11 is 0. The summed E-state index contributed by atoms with van der Waals surface area (Å²) in [6.45, 7) is 3.46. The maximum absolute atomic E-state index is 11.1. The zero-order chi connectivity index (χ0) is 14.5. The molecule has 1 aliphatic carbocycles. The van der Waals surface area contributed by atoms with Crippen molar-refractivity contribution in [1.82, 2.24) is 5.32 Å². The first-order valence-corrected chi connectivity index (χ1v) is 7.05. The summed E-state index contributed by atoms with van der Waals surface area (Å²) in [6, 6.07) is 7.79. The van der Waals surface area contributed by atoms with Gasteiger partial charge in [0.05, 0.1) is 17.6 Å². The first kappa shape index (κ1) is 14.5. The Balaban J connectivity index is 1.87. The summed E-state index contributed by atoms with van der Waals surface area (Å²) in [5.74, 6) is -0.611. The number of carboxylic acid groups (broad SMARTS) is 1. The average Bonchev–Trinajstić information content (AvgIpc) is 2.89. The van der Waals surface area contributed by atoms with E-state index in [2.05, 4.69) is 11.4 Å². The van der Waals surface area contributed by atoms with E-state index < -0.39 is 5.97 Å². The zero-order valence-corrected chi connectivity index (χ0v) is 11.7. The van der Waals surface area contributed by atoms with Gasteiger partial charge in [-0.25, -0.2) is 0 Å². The van der Waals surface area contributed by atoms with Gasteiger partial charge in [0, 0.05) is 6.54 Å². The standard InChI is InChI=1S/C16H20N2O2/c1-11-7-12(8-17)5-6-13(11)9-18-10-14-3-2-4-15(14)16(19)20/h5-7,14-15,18H,2-4,9-10H2,1H3,(H,19,20). The molecule has 20 heavy (non-hydrogen) atoms. The minimum atomic E-state index is -0.663. The van der Waals surface area contributed by atoms with Gasteiger partial charge in [0.2, 0.25) is 0 Å².